The second-order valence-electron chi connectivity index (χ2n) is 5.41. The zero-order valence-corrected chi connectivity index (χ0v) is 13.5. The standard InChI is InChI=1S/C20H18O2S/c21-20(22)19(13-14-23-16-9-2-1-3-10-16)18-12-6-8-15-7-4-5-11-17(15)18/h1-12,19H,13-14H2,(H,21,22). The Labute approximate surface area is 140 Å². The lowest BCUT2D eigenvalue weighted by molar-refractivity contribution is -0.138. The molecule has 0 saturated heterocycles. The van der Waals surface area contributed by atoms with Gasteiger partial charge in [-0.2, -0.15) is 0 Å². The number of hydrogen-bond donors (Lipinski definition) is 1. The molecule has 0 fully saturated rings. The first-order valence-corrected chi connectivity index (χ1v) is 8.62. The van der Waals surface area contributed by atoms with Crippen LogP contribution in [0.2, 0.25) is 0 Å². The molecular formula is C20H18O2S. The second kappa shape index (κ2) is 7.34. The Balaban J connectivity index is 1.80. The summed E-state index contributed by atoms with van der Waals surface area (Å²) >= 11 is 1.70. The van der Waals surface area contributed by atoms with Crippen LogP contribution in [-0.2, 0) is 4.79 Å². The summed E-state index contributed by atoms with van der Waals surface area (Å²) in [5.41, 5.74) is 0.907. The Morgan fingerprint density at radius 1 is 0.913 bits per heavy atom. The van der Waals surface area contributed by atoms with Crippen LogP contribution in [0.3, 0.4) is 0 Å². The van der Waals surface area contributed by atoms with Crippen molar-refractivity contribution in [2.24, 2.45) is 0 Å². The number of benzene rings is 3. The van der Waals surface area contributed by atoms with E-state index in [2.05, 4.69) is 12.1 Å². The van der Waals surface area contributed by atoms with E-state index in [0.29, 0.717) is 6.42 Å². The molecule has 1 atom stereocenters. The zero-order valence-electron chi connectivity index (χ0n) is 12.7. The molecule has 0 saturated carbocycles. The summed E-state index contributed by atoms with van der Waals surface area (Å²) in [6.07, 6.45) is 0.614. The normalized spacial score (nSPS) is 12.2. The average molecular weight is 322 g/mol. The van der Waals surface area contributed by atoms with Crippen molar-refractivity contribution >= 4 is 28.5 Å². The van der Waals surface area contributed by atoms with E-state index in [9.17, 15) is 9.90 Å². The summed E-state index contributed by atoms with van der Waals surface area (Å²) < 4.78 is 0. The number of carboxylic acid groups (broad SMARTS) is 1. The Kier molecular flexibility index (Phi) is 4.99. The van der Waals surface area contributed by atoms with Gasteiger partial charge in [0.15, 0.2) is 0 Å². The van der Waals surface area contributed by atoms with Crippen LogP contribution in [0, 0.1) is 0 Å². The molecule has 0 amide bonds. The lowest BCUT2D eigenvalue weighted by Crippen LogP contribution is -2.13. The van der Waals surface area contributed by atoms with Crippen molar-refractivity contribution in [3.63, 3.8) is 0 Å². The van der Waals surface area contributed by atoms with Gasteiger partial charge in [-0.15, -0.1) is 11.8 Å². The van der Waals surface area contributed by atoms with Gasteiger partial charge >= 0.3 is 5.97 Å². The first-order valence-electron chi connectivity index (χ1n) is 7.64. The molecular weight excluding hydrogens is 304 g/mol. The van der Waals surface area contributed by atoms with Crippen LogP contribution < -0.4 is 0 Å². The van der Waals surface area contributed by atoms with Crippen LogP contribution in [0.4, 0.5) is 0 Å². The highest BCUT2D eigenvalue weighted by Crippen LogP contribution is 2.30. The summed E-state index contributed by atoms with van der Waals surface area (Å²) in [5.74, 6) is -0.447. The van der Waals surface area contributed by atoms with E-state index < -0.39 is 11.9 Å². The molecule has 0 spiro atoms. The van der Waals surface area contributed by atoms with Gasteiger partial charge in [-0.3, -0.25) is 4.79 Å². The third-order valence-electron chi connectivity index (χ3n) is 3.92. The van der Waals surface area contributed by atoms with E-state index in [0.717, 1.165) is 22.1 Å². The lowest BCUT2D eigenvalue weighted by atomic mass is 9.91. The third-order valence-corrected chi connectivity index (χ3v) is 4.96. The summed E-state index contributed by atoms with van der Waals surface area (Å²) in [6, 6.07) is 24.0. The Morgan fingerprint density at radius 3 is 2.39 bits per heavy atom. The number of fused-ring (bicyclic) bond motifs is 1. The van der Waals surface area contributed by atoms with Gasteiger partial charge in [-0.05, 0) is 40.6 Å². The monoisotopic (exact) mass is 322 g/mol. The molecule has 0 aromatic heterocycles. The fraction of sp³-hybridized carbons (Fsp3) is 0.150. The summed E-state index contributed by atoms with van der Waals surface area (Å²) in [5, 5.41) is 11.8. The first-order chi connectivity index (χ1) is 11.3. The lowest BCUT2D eigenvalue weighted by Gasteiger charge is -2.15. The number of carbonyl (C=O) groups is 1. The summed E-state index contributed by atoms with van der Waals surface area (Å²) in [7, 11) is 0. The minimum absolute atomic E-state index is 0.475. The van der Waals surface area contributed by atoms with Crippen molar-refractivity contribution in [2.45, 2.75) is 17.2 Å². The second-order valence-corrected chi connectivity index (χ2v) is 6.58. The number of aliphatic carboxylic acids is 1. The number of thioether (sulfide) groups is 1. The molecule has 3 rings (SSSR count). The van der Waals surface area contributed by atoms with E-state index in [1.165, 1.54) is 4.90 Å². The molecule has 1 unspecified atom stereocenters. The van der Waals surface area contributed by atoms with Gasteiger partial charge in [-0.1, -0.05) is 60.7 Å². The minimum Gasteiger partial charge on any atom is -0.481 e. The van der Waals surface area contributed by atoms with E-state index in [4.69, 9.17) is 0 Å². The first kappa shape index (κ1) is 15.6. The highest BCUT2D eigenvalue weighted by Gasteiger charge is 2.21. The Bertz CT molecular complexity index is 794. The van der Waals surface area contributed by atoms with E-state index in [1.54, 1.807) is 11.8 Å². The molecule has 1 N–H and O–H groups in total. The molecule has 2 nitrogen and oxygen atoms in total. The SMILES string of the molecule is O=C(O)C(CCSc1ccccc1)c1cccc2ccccc12. The van der Waals surface area contributed by atoms with Crippen LogP contribution in [0.5, 0.6) is 0 Å². The topological polar surface area (TPSA) is 37.3 Å². The smallest absolute Gasteiger partial charge is 0.311 e. The largest absolute Gasteiger partial charge is 0.481 e. The van der Waals surface area contributed by atoms with Crippen molar-refractivity contribution in [3.8, 4) is 0 Å². The predicted molar refractivity (Wildman–Crippen MR) is 96.1 cm³/mol. The van der Waals surface area contributed by atoms with E-state index >= 15 is 0 Å². The molecule has 0 aliphatic rings. The molecule has 0 aliphatic heterocycles. The quantitative estimate of drug-likeness (QED) is 0.635. The highest BCUT2D eigenvalue weighted by atomic mass is 32.2. The fourth-order valence-electron chi connectivity index (χ4n) is 2.78. The molecule has 3 aromatic carbocycles. The van der Waals surface area contributed by atoms with Crippen LogP contribution >= 0.6 is 11.8 Å². The van der Waals surface area contributed by atoms with Gasteiger partial charge < -0.3 is 5.11 Å². The van der Waals surface area contributed by atoms with Crippen LogP contribution in [0.1, 0.15) is 17.9 Å². The van der Waals surface area contributed by atoms with Crippen LogP contribution in [0.15, 0.2) is 77.7 Å². The maximum Gasteiger partial charge on any atom is 0.311 e. The molecule has 3 aromatic rings. The van der Waals surface area contributed by atoms with Gasteiger partial charge in [0.2, 0.25) is 0 Å². The predicted octanol–water partition coefficient (Wildman–Crippen LogP) is 5.19. The maximum atomic E-state index is 11.8. The van der Waals surface area contributed by atoms with Gasteiger partial charge in [-0.25, -0.2) is 0 Å². The van der Waals surface area contributed by atoms with Gasteiger partial charge in [0.05, 0.1) is 5.92 Å². The Hall–Kier alpha value is -2.26. The van der Waals surface area contributed by atoms with Crippen molar-refractivity contribution in [3.05, 3.63) is 78.4 Å². The maximum absolute atomic E-state index is 11.8. The zero-order chi connectivity index (χ0) is 16.1. The van der Waals surface area contributed by atoms with Crippen LogP contribution in [0.25, 0.3) is 10.8 Å². The molecule has 116 valence electrons. The van der Waals surface area contributed by atoms with Gasteiger partial charge in [0, 0.05) is 4.90 Å². The average Bonchev–Trinajstić information content (AvgIpc) is 2.59. The van der Waals surface area contributed by atoms with Gasteiger partial charge in [0.25, 0.3) is 0 Å². The summed E-state index contributed by atoms with van der Waals surface area (Å²) in [4.78, 5) is 13.0. The number of rotatable bonds is 6. The van der Waals surface area contributed by atoms with Crippen molar-refractivity contribution in [1.82, 2.24) is 0 Å². The molecule has 0 bridgehead atoms. The van der Waals surface area contributed by atoms with Crippen molar-refractivity contribution in [1.29, 1.82) is 0 Å². The minimum atomic E-state index is -0.755. The molecule has 0 radical (unpaired) electrons. The highest BCUT2D eigenvalue weighted by molar-refractivity contribution is 7.99. The van der Waals surface area contributed by atoms with E-state index in [-0.39, 0.29) is 0 Å². The fourth-order valence-corrected chi connectivity index (χ4v) is 3.72. The molecule has 0 heterocycles. The molecule has 23 heavy (non-hydrogen) atoms. The van der Waals surface area contributed by atoms with Crippen LogP contribution in [-0.4, -0.2) is 16.8 Å². The Morgan fingerprint density at radius 2 is 1.61 bits per heavy atom. The van der Waals surface area contributed by atoms with E-state index in [1.807, 2.05) is 60.7 Å². The number of hydrogen-bond acceptors (Lipinski definition) is 2. The molecule has 0 aliphatic carbocycles. The van der Waals surface area contributed by atoms with Crippen molar-refractivity contribution in [2.75, 3.05) is 5.75 Å². The summed E-state index contributed by atoms with van der Waals surface area (Å²) in [6.45, 7) is 0. The molecule has 3 heteroatoms. The van der Waals surface area contributed by atoms with Gasteiger partial charge in [0.1, 0.15) is 0 Å². The van der Waals surface area contributed by atoms with Crippen molar-refractivity contribution < 1.29 is 9.90 Å². The third kappa shape index (κ3) is 3.74. The number of carboxylic acids is 1.